The average Bonchev–Trinajstić information content (AvgIpc) is 2.37. The van der Waals surface area contributed by atoms with E-state index < -0.39 is 0 Å². The molecule has 2 N–H and O–H groups in total. The van der Waals surface area contributed by atoms with E-state index in [2.05, 4.69) is 29.5 Å². The number of anilines is 2. The Morgan fingerprint density at radius 1 is 1.47 bits per heavy atom. The highest BCUT2D eigenvalue weighted by Crippen LogP contribution is 2.15. The molecule has 0 fully saturated rings. The maximum absolute atomic E-state index is 11.8. The SMILES string of the molecule is CCNc1cc(N(C)CC(=O)NCC(C)C)ccn1. The summed E-state index contributed by atoms with van der Waals surface area (Å²) >= 11 is 0. The summed E-state index contributed by atoms with van der Waals surface area (Å²) in [6.45, 7) is 8.07. The summed E-state index contributed by atoms with van der Waals surface area (Å²) in [7, 11) is 1.90. The van der Waals surface area contributed by atoms with Crippen molar-refractivity contribution in [1.82, 2.24) is 10.3 Å². The lowest BCUT2D eigenvalue weighted by Gasteiger charge is -2.19. The molecule has 0 radical (unpaired) electrons. The monoisotopic (exact) mass is 264 g/mol. The van der Waals surface area contributed by atoms with Gasteiger partial charge in [0.1, 0.15) is 5.82 Å². The summed E-state index contributed by atoms with van der Waals surface area (Å²) in [5.41, 5.74) is 0.977. The van der Waals surface area contributed by atoms with E-state index >= 15 is 0 Å². The fraction of sp³-hybridized carbons (Fsp3) is 0.571. The predicted molar refractivity (Wildman–Crippen MR) is 79.5 cm³/mol. The molecule has 0 unspecified atom stereocenters. The van der Waals surface area contributed by atoms with E-state index in [0.717, 1.165) is 18.1 Å². The molecule has 0 aliphatic heterocycles. The van der Waals surface area contributed by atoms with Crippen molar-refractivity contribution in [2.45, 2.75) is 20.8 Å². The number of hydrogen-bond donors (Lipinski definition) is 2. The molecular weight excluding hydrogens is 240 g/mol. The smallest absolute Gasteiger partial charge is 0.239 e. The zero-order chi connectivity index (χ0) is 14.3. The summed E-state index contributed by atoms with van der Waals surface area (Å²) in [6, 6.07) is 3.84. The molecular formula is C14H24N4O. The normalized spacial score (nSPS) is 10.4. The molecule has 5 nitrogen and oxygen atoms in total. The van der Waals surface area contributed by atoms with Crippen LogP contribution in [-0.2, 0) is 4.79 Å². The third-order valence-electron chi connectivity index (χ3n) is 2.63. The Kier molecular flexibility index (Phi) is 6.12. The number of pyridine rings is 1. The topological polar surface area (TPSA) is 57.3 Å². The van der Waals surface area contributed by atoms with E-state index in [1.54, 1.807) is 6.20 Å². The molecule has 1 aromatic rings. The van der Waals surface area contributed by atoms with Gasteiger partial charge in [0.05, 0.1) is 6.54 Å². The number of carbonyl (C=O) groups excluding carboxylic acids is 1. The van der Waals surface area contributed by atoms with Crippen molar-refractivity contribution in [2.24, 2.45) is 5.92 Å². The number of hydrogen-bond acceptors (Lipinski definition) is 4. The van der Waals surface area contributed by atoms with Gasteiger partial charge in [0, 0.05) is 38.1 Å². The second-order valence-corrected chi connectivity index (χ2v) is 4.98. The highest BCUT2D eigenvalue weighted by atomic mass is 16.2. The molecule has 5 heteroatoms. The molecule has 0 aromatic carbocycles. The molecule has 106 valence electrons. The van der Waals surface area contributed by atoms with Crippen LogP contribution in [0.5, 0.6) is 0 Å². The Balaban J connectivity index is 2.54. The lowest BCUT2D eigenvalue weighted by Crippen LogP contribution is -2.36. The third kappa shape index (κ3) is 5.59. The molecule has 0 spiro atoms. The summed E-state index contributed by atoms with van der Waals surface area (Å²) in [4.78, 5) is 17.9. The van der Waals surface area contributed by atoms with E-state index in [-0.39, 0.29) is 5.91 Å². The largest absolute Gasteiger partial charge is 0.370 e. The third-order valence-corrected chi connectivity index (χ3v) is 2.63. The van der Waals surface area contributed by atoms with Gasteiger partial charge in [-0.15, -0.1) is 0 Å². The van der Waals surface area contributed by atoms with Crippen molar-refractivity contribution >= 4 is 17.4 Å². The molecule has 1 heterocycles. The van der Waals surface area contributed by atoms with Crippen LogP contribution >= 0.6 is 0 Å². The van der Waals surface area contributed by atoms with Crippen molar-refractivity contribution in [3.63, 3.8) is 0 Å². The molecule has 1 rings (SSSR count). The minimum atomic E-state index is 0.0398. The van der Waals surface area contributed by atoms with Crippen molar-refractivity contribution in [1.29, 1.82) is 0 Å². The minimum Gasteiger partial charge on any atom is -0.370 e. The van der Waals surface area contributed by atoms with Crippen molar-refractivity contribution in [3.8, 4) is 0 Å². The van der Waals surface area contributed by atoms with E-state index in [4.69, 9.17) is 0 Å². The first kappa shape index (κ1) is 15.3. The Hall–Kier alpha value is -1.78. The molecule has 0 saturated heterocycles. The number of nitrogens with zero attached hydrogens (tertiary/aromatic N) is 2. The Bertz CT molecular complexity index is 406. The number of amides is 1. The van der Waals surface area contributed by atoms with Gasteiger partial charge in [-0.25, -0.2) is 4.98 Å². The van der Waals surface area contributed by atoms with Gasteiger partial charge < -0.3 is 15.5 Å². The zero-order valence-electron chi connectivity index (χ0n) is 12.2. The van der Waals surface area contributed by atoms with Crippen LogP contribution < -0.4 is 15.5 Å². The lowest BCUT2D eigenvalue weighted by molar-refractivity contribution is -0.119. The van der Waals surface area contributed by atoms with Crippen molar-refractivity contribution in [3.05, 3.63) is 18.3 Å². The van der Waals surface area contributed by atoms with Crippen LogP contribution in [0, 0.1) is 5.92 Å². The van der Waals surface area contributed by atoms with Gasteiger partial charge in [0.25, 0.3) is 0 Å². The van der Waals surface area contributed by atoms with Gasteiger partial charge in [-0.3, -0.25) is 4.79 Å². The molecule has 0 aliphatic rings. The van der Waals surface area contributed by atoms with E-state index in [1.165, 1.54) is 0 Å². The Labute approximate surface area is 115 Å². The standard InChI is InChI=1S/C14H24N4O/c1-5-15-13-8-12(6-7-16-13)18(4)10-14(19)17-9-11(2)3/h6-8,11H,5,9-10H2,1-4H3,(H,15,16)(H,17,19). The average molecular weight is 264 g/mol. The van der Waals surface area contributed by atoms with Crippen LogP contribution in [-0.4, -0.2) is 37.6 Å². The fourth-order valence-corrected chi connectivity index (χ4v) is 1.62. The predicted octanol–water partition coefficient (Wildman–Crippen LogP) is 1.72. The molecule has 1 aromatic heterocycles. The number of nitrogens with one attached hydrogen (secondary N) is 2. The van der Waals surface area contributed by atoms with Crippen LogP contribution in [0.2, 0.25) is 0 Å². The Morgan fingerprint density at radius 2 is 2.21 bits per heavy atom. The quantitative estimate of drug-likeness (QED) is 0.787. The summed E-state index contributed by atoms with van der Waals surface area (Å²) in [6.07, 6.45) is 1.75. The summed E-state index contributed by atoms with van der Waals surface area (Å²) in [5.74, 6) is 1.34. The highest BCUT2D eigenvalue weighted by Gasteiger charge is 2.08. The maximum atomic E-state index is 11.8. The molecule has 0 atom stereocenters. The van der Waals surface area contributed by atoms with Crippen LogP contribution in [0.4, 0.5) is 11.5 Å². The molecule has 19 heavy (non-hydrogen) atoms. The van der Waals surface area contributed by atoms with Crippen molar-refractivity contribution in [2.75, 3.05) is 36.9 Å². The summed E-state index contributed by atoms with van der Waals surface area (Å²) in [5, 5.41) is 6.07. The molecule has 0 saturated carbocycles. The summed E-state index contributed by atoms with van der Waals surface area (Å²) < 4.78 is 0. The minimum absolute atomic E-state index is 0.0398. The van der Waals surface area contributed by atoms with Crippen LogP contribution in [0.15, 0.2) is 18.3 Å². The van der Waals surface area contributed by atoms with E-state index in [0.29, 0.717) is 19.0 Å². The van der Waals surface area contributed by atoms with Crippen LogP contribution in [0.25, 0.3) is 0 Å². The Morgan fingerprint density at radius 3 is 2.84 bits per heavy atom. The number of carbonyl (C=O) groups is 1. The lowest BCUT2D eigenvalue weighted by atomic mass is 10.2. The van der Waals surface area contributed by atoms with Crippen molar-refractivity contribution < 1.29 is 4.79 Å². The second-order valence-electron chi connectivity index (χ2n) is 4.98. The fourth-order valence-electron chi connectivity index (χ4n) is 1.62. The van der Waals surface area contributed by atoms with E-state index in [1.807, 2.05) is 31.0 Å². The van der Waals surface area contributed by atoms with Crippen LogP contribution in [0.3, 0.4) is 0 Å². The number of rotatable bonds is 7. The van der Waals surface area contributed by atoms with Gasteiger partial charge in [-0.2, -0.15) is 0 Å². The first-order valence-electron chi connectivity index (χ1n) is 6.70. The first-order valence-corrected chi connectivity index (χ1v) is 6.70. The van der Waals surface area contributed by atoms with Gasteiger partial charge in [-0.1, -0.05) is 13.8 Å². The molecule has 0 bridgehead atoms. The van der Waals surface area contributed by atoms with E-state index in [9.17, 15) is 4.79 Å². The van der Waals surface area contributed by atoms with Gasteiger partial charge in [0.2, 0.25) is 5.91 Å². The first-order chi connectivity index (χ1) is 9.02. The van der Waals surface area contributed by atoms with Crippen LogP contribution in [0.1, 0.15) is 20.8 Å². The van der Waals surface area contributed by atoms with Gasteiger partial charge >= 0.3 is 0 Å². The second kappa shape index (κ2) is 7.61. The number of likely N-dealkylation sites (N-methyl/N-ethyl adjacent to an activating group) is 1. The maximum Gasteiger partial charge on any atom is 0.239 e. The highest BCUT2D eigenvalue weighted by molar-refractivity contribution is 5.81. The zero-order valence-corrected chi connectivity index (χ0v) is 12.2. The molecule has 0 aliphatic carbocycles. The number of aromatic nitrogens is 1. The molecule has 1 amide bonds. The van der Waals surface area contributed by atoms with Gasteiger partial charge in [-0.05, 0) is 18.9 Å². The van der Waals surface area contributed by atoms with Gasteiger partial charge in [0.15, 0.2) is 0 Å².